The van der Waals surface area contributed by atoms with E-state index in [4.69, 9.17) is 9.47 Å². The van der Waals surface area contributed by atoms with Gasteiger partial charge in [-0.3, -0.25) is 4.98 Å². The summed E-state index contributed by atoms with van der Waals surface area (Å²) in [6, 6.07) is 1.78. The highest BCUT2D eigenvalue weighted by atomic mass is 16.5. The van der Waals surface area contributed by atoms with Gasteiger partial charge in [-0.1, -0.05) is 0 Å². The van der Waals surface area contributed by atoms with Crippen molar-refractivity contribution in [3.8, 4) is 11.5 Å². The molecule has 0 amide bonds. The van der Waals surface area contributed by atoms with E-state index >= 15 is 0 Å². The average Bonchev–Trinajstić information content (AvgIpc) is 2.04. The minimum atomic E-state index is 0.142. The van der Waals surface area contributed by atoms with Gasteiger partial charge in [0, 0.05) is 12.3 Å². The fourth-order valence-electron chi connectivity index (χ4n) is 0.878. The number of ether oxygens (including phenoxy) is 2. The van der Waals surface area contributed by atoms with Crippen molar-refractivity contribution in [2.24, 2.45) is 0 Å². The van der Waals surface area contributed by atoms with Gasteiger partial charge in [-0.25, -0.2) is 0 Å². The van der Waals surface area contributed by atoms with Crippen molar-refractivity contribution in [1.82, 2.24) is 4.98 Å². The van der Waals surface area contributed by atoms with Crippen LogP contribution in [-0.2, 0) is 0 Å². The van der Waals surface area contributed by atoms with Crippen molar-refractivity contribution >= 4 is 0 Å². The Bertz CT molecular complexity index is 248. The lowest BCUT2D eigenvalue weighted by Gasteiger charge is -2.11. The van der Waals surface area contributed by atoms with Crippen molar-refractivity contribution < 1.29 is 9.47 Å². The first kappa shape index (κ1) is 8.84. The number of hydrogen-bond donors (Lipinski definition) is 0. The smallest absolute Gasteiger partial charge is 0.179 e. The SMILES string of the molecule is COc1ccncc1OC(C)C. The molecule has 66 valence electrons. The van der Waals surface area contributed by atoms with Gasteiger partial charge in [0.25, 0.3) is 0 Å². The molecule has 3 nitrogen and oxygen atoms in total. The summed E-state index contributed by atoms with van der Waals surface area (Å²) in [5.41, 5.74) is 0. The fraction of sp³-hybridized carbons (Fsp3) is 0.444. The first-order valence-electron chi connectivity index (χ1n) is 3.88. The Balaban J connectivity index is 2.82. The number of nitrogens with zero attached hydrogens (tertiary/aromatic N) is 1. The zero-order chi connectivity index (χ0) is 8.97. The summed E-state index contributed by atoms with van der Waals surface area (Å²) >= 11 is 0. The standard InChI is InChI=1S/C9H13NO2/c1-7(2)12-9-6-10-5-4-8(9)11-3/h4-7H,1-3H3. The summed E-state index contributed by atoms with van der Waals surface area (Å²) in [5.74, 6) is 1.41. The van der Waals surface area contributed by atoms with Gasteiger partial charge in [-0.05, 0) is 13.8 Å². The van der Waals surface area contributed by atoms with Crippen LogP contribution in [0.3, 0.4) is 0 Å². The van der Waals surface area contributed by atoms with Crippen LogP contribution in [0.25, 0.3) is 0 Å². The molecule has 0 atom stereocenters. The molecule has 0 saturated heterocycles. The van der Waals surface area contributed by atoms with Crippen molar-refractivity contribution in [2.45, 2.75) is 20.0 Å². The normalized spacial score (nSPS) is 10.0. The first-order valence-corrected chi connectivity index (χ1v) is 3.88. The van der Waals surface area contributed by atoms with Gasteiger partial charge >= 0.3 is 0 Å². The Morgan fingerprint density at radius 1 is 1.33 bits per heavy atom. The molecule has 0 unspecified atom stereocenters. The van der Waals surface area contributed by atoms with Crippen LogP contribution >= 0.6 is 0 Å². The minimum absolute atomic E-state index is 0.142. The predicted molar refractivity (Wildman–Crippen MR) is 46.6 cm³/mol. The maximum absolute atomic E-state index is 5.45. The topological polar surface area (TPSA) is 31.4 Å². The molecule has 12 heavy (non-hydrogen) atoms. The average molecular weight is 167 g/mol. The molecule has 0 aliphatic carbocycles. The van der Waals surface area contributed by atoms with Crippen molar-refractivity contribution in [1.29, 1.82) is 0 Å². The molecule has 1 aromatic heterocycles. The summed E-state index contributed by atoms with van der Waals surface area (Å²) < 4.78 is 10.5. The van der Waals surface area contributed by atoms with Crippen molar-refractivity contribution in [2.75, 3.05) is 7.11 Å². The first-order chi connectivity index (χ1) is 5.74. The molecule has 0 N–H and O–H groups in total. The van der Waals surface area contributed by atoms with E-state index < -0.39 is 0 Å². The largest absolute Gasteiger partial charge is 0.493 e. The molecule has 0 fully saturated rings. The third-order valence-electron chi connectivity index (χ3n) is 1.33. The summed E-state index contributed by atoms with van der Waals surface area (Å²) in [6.45, 7) is 3.93. The van der Waals surface area contributed by atoms with E-state index in [1.165, 1.54) is 0 Å². The van der Waals surface area contributed by atoms with Gasteiger partial charge < -0.3 is 9.47 Å². The van der Waals surface area contributed by atoms with Crippen LogP contribution in [0.2, 0.25) is 0 Å². The molecule has 1 heterocycles. The molecule has 0 aliphatic rings. The zero-order valence-corrected chi connectivity index (χ0v) is 7.57. The number of hydrogen-bond acceptors (Lipinski definition) is 3. The molecular formula is C9H13NO2. The molecule has 0 spiro atoms. The predicted octanol–water partition coefficient (Wildman–Crippen LogP) is 1.88. The Kier molecular flexibility index (Phi) is 2.91. The van der Waals surface area contributed by atoms with E-state index in [1.54, 1.807) is 25.6 Å². The van der Waals surface area contributed by atoms with Crippen LogP contribution < -0.4 is 9.47 Å². The quantitative estimate of drug-likeness (QED) is 0.688. The van der Waals surface area contributed by atoms with E-state index in [0.717, 1.165) is 5.75 Å². The summed E-state index contributed by atoms with van der Waals surface area (Å²) in [4.78, 5) is 3.94. The molecule has 3 heteroatoms. The Morgan fingerprint density at radius 2 is 2.08 bits per heavy atom. The molecule has 0 aliphatic heterocycles. The van der Waals surface area contributed by atoms with Crippen molar-refractivity contribution in [3.63, 3.8) is 0 Å². The van der Waals surface area contributed by atoms with Gasteiger partial charge in [0.2, 0.25) is 0 Å². The second kappa shape index (κ2) is 3.95. The Morgan fingerprint density at radius 3 is 2.67 bits per heavy atom. The second-order valence-electron chi connectivity index (χ2n) is 2.69. The van der Waals surface area contributed by atoms with E-state index in [0.29, 0.717) is 5.75 Å². The number of pyridine rings is 1. The lowest BCUT2D eigenvalue weighted by atomic mass is 10.4. The fourth-order valence-corrected chi connectivity index (χ4v) is 0.878. The van der Waals surface area contributed by atoms with E-state index in [2.05, 4.69) is 4.98 Å². The van der Waals surface area contributed by atoms with Crippen molar-refractivity contribution in [3.05, 3.63) is 18.5 Å². The summed E-state index contributed by atoms with van der Waals surface area (Å²) in [6.07, 6.45) is 3.47. The Labute approximate surface area is 72.3 Å². The lowest BCUT2D eigenvalue weighted by molar-refractivity contribution is 0.229. The monoisotopic (exact) mass is 167 g/mol. The molecule has 0 saturated carbocycles. The maximum atomic E-state index is 5.45. The molecule has 1 rings (SSSR count). The van der Waals surface area contributed by atoms with Crippen LogP contribution in [0.4, 0.5) is 0 Å². The molecule has 0 bridgehead atoms. The highest BCUT2D eigenvalue weighted by molar-refractivity contribution is 5.36. The van der Waals surface area contributed by atoms with Crippen LogP contribution in [0.1, 0.15) is 13.8 Å². The highest BCUT2D eigenvalue weighted by Gasteiger charge is 2.04. The van der Waals surface area contributed by atoms with Crippen LogP contribution in [0.5, 0.6) is 11.5 Å². The lowest BCUT2D eigenvalue weighted by Crippen LogP contribution is -2.06. The highest BCUT2D eigenvalue weighted by Crippen LogP contribution is 2.25. The van der Waals surface area contributed by atoms with Crippen LogP contribution in [0.15, 0.2) is 18.5 Å². The van der Waals surface area contributed by atoms with Gasteiger partial charge in [-0.2, -0.15) is 0 Å². The number of methoxy groups -OCH3 is 1. The molecular weight excluding hydrogens is 154 g/mol. The molecule has 0 aromatic carbocycles. The van der Waals surface area contributed by atoms with Gasteiger partial charge in [0.1, 0.15) is 0 Å². The Hall–Kier alpha value is -1.25. The maximum Gasteiger partial charge on any atom is 0.179 e. The summed E-state index contributed by atoms with van der Waals surface area (Å²) in [5, 5.41) is 0. The second-order valence-corrected chi connectivity index (χ2v) is 2.69. The number of rotatable bonds is 3. The number of aromatic nitrogens is 1. The van der Waals surface area contributed by atoms with Gasteiger partial charge in [0.05, 0.1) is 19.4 Å². The van der Waals surface area contributed by atoms with E-state index in [1.807, 2.05) is 13.8 Å². The van der Waals surface area contributed by atoms with E-state index in [9.17, 15) is 0 Å². The summed E-state index contributed by atoms with van der Waals surface area (Å²) in [7, 11) is 1.61. The van der Waals surface area contributed by atoms with Crippen LogP contribution in [-0.4, -0.2) is 18.2 Å². The van der Waals surface area contributed by atoms with Crippen LogP contribution in [0, 0.1) is 0 Å². The third-order valence-corrected chi connectivity index (χ3v) is 1.33. The minimum Gasteiger partial charge on any atom is -0.493 e. The van der Waals surface area contributed by atoms with Gasteiger partial charge in [0.15, 0.2) is 11.5 Å². The zero-order valence-electron chi connectivity index (χ0n) is 7.57. The van der Waals surface area contributed by atoms with Gasteiger partial charge in [-0.15, -0.1) is 0 Å². The van der Waals surface area contributed by atoms with E-state index in [-0.39, 0.29) is 6.10 Å². The third kappa shape index (κ3) is 2.12. The molecule has 0 radical (unpaired) electrons. The molecule has 1 aromatic rings.